The average molecular weight is 401 g/mol. The van der Waals surface area contributed by atoms with Crippen molar-refractivity contribution in [3.63, 3.8) is 0 Å². The second-order valence-electron chi connectivity index (χ2n) is 6.91. The summed E-state index contributed by atoms with van der Waals surface area (Å²) in [6.45, 7) is 2.89. The van der Waals surface area contributed by atoms with E-state index in [2.05, 4.69) is 10.6 Å². The van der Waals surface area contributed by atoms with Gasteiger partial charge in [0.1, 0.15) is 12.1 Å². The van der Waals surface area contributed by atoms with Crippen LogP contribution in [-0.2, 0) is 15.1 Å². The second kappa shape index (κ2) is 7.98. The van der Waals surface area contributed by atoms with Crippen LogP contribution in [0.3, 0.4) is 0 Å². The molecule has 2 aromatic carbocycles. The minimum absolute atomic E-state index is 0.324. The molecule has 0 radical (unpaired) electrons. The number of carbonyl (C=O) groups is 3. The Kier molecular flexibility index (Phi) is 5.63. The fraction of sp³-hybridized carbons (Fsp3) is 0.286. The first-order chi connectivity index (χ1) is 13.8. The van der Waals surface area contributed by atoms with Crippen LogP contribution in [0.5, 0.6) is 0 Å². The zero-order valence-electron chi connectivity index (χ0n) is 16.0. The van der Waals surface area contributed by atoms with Crippen molar-refractivity contribution in [2.45, 2.75) is 31.8 Å². The largest absolute Gasteiger partial charge is 0.348 e. The number of imide groups is 1. The molecule has 1 aliphatic heterocycles. The third-order valence-electron chi connectivity index (χ3n) is 5.10. The number of hydrogen-bond donors (Lipinski definition) is 2. The van der Waals surface area contributed by atoms with Crippen LogP contribution in [0.2, 0.25) is 0 Å². The van der Waals surface area contributed by atoms with Crippen molar-refractivity contribution in [3.8, 4) is 0 Å². The lowest BCUT2D eigenvalue weighted by atomic mass is 9.87. The third kappa shape index (κ3) is 3.83. The van der Waals surface area contributed by atoms with Crippen LogP contribution in [-0.4, -0.2) is 29.3 Å². The summed E-state index contributed by atoms with van der Waals surface area (Å²) >= 11 is 0. The Morgan fingerprint density at radius 3 is 2.45 bits per heavy atom. The predicted molar refractivity (Wildman–Crippen MR) is 102 cm³/mol. The number of nitrogens with zero attached hydrogens (tertiary/aromatic N) is 1. The van der Waals surface area contributed by atoms with E-state index in [1.807, 2.05) is 0 Å². The molecule has 2 N–H and O–H groups in total. The summed E-state index contributed by atoms with van der Waals surface area (Å²) in [5.74, 6) is -3.10. The summed E-state index contributed by atoms with van der Waals surface area (Å²) in [6, 6.07) is 10.9. The van der Waals surface area contributed by atoms with Crippen LogP contribution < -0.4 is 10.6 Å². The Morgan fingerprint density at radius 2 is 1.83 bits per heavy atom. The molecule has 152 valence electrons. The van der Waals surface area contributed by atoms with Gasteiger partial charge in [-0.25, -0.2) is 13.6 Å². The molecule has 29 heavy (non-hydrogen) atoms. The number of urea groups is 1. The lowest BCUT2D eigenvalue weighted by Crippen LogP contribution is -2.45. The lowest BCUT2D eigenvalue weighted by Gasteiger charge is -2.25. The van der Waals surface area contributed by atoms with Crippen molar-refractivity contribution in [3.05, 3.63) is 71.3 Å². The number of halogens is 2. The molecule has 2 aromatic rings. The van der Waals surface area contributed by atoms with Crippen molar-refractivity contribution in [1.29, 1.82) is 0 Å². The SMILES string of the molecule is CC[C@]1(c2ccccc2)NC(=O)N(CC(=O)N[C@@H](C)c2ccc(F)c(F)c2)C1=O. The lowest BCUT2D eigenvalue weighted by molar-refractivity contribution is -0.135. The molecule has 1 heterocycles. The van der Waals surface area contributed by atoms with Gasteiger partial charge in [0.05, 0.1) is 6.04 Å². The van der Waals surface area contributed by atoms with E-state index in [1.165, 1.54) is 6.07 Å². The topological polar surface area (TPSA) is 78.5 Å². The van der Waals surface area contributed by atoms with Crippen LogP contribution >= 0.6 is 0 Å². The van der Waals surface area contributed by atoms with Gasteiger partial charge in [-0.05, 0) is 36.6 Å². The maximum Gasteiger partial charge on any atom is 0.325 e. The van der Waals surface area contributed by atoms with Gasteiger partial charge in [-0.2, -0.15) is 0 Å². The molecule has 0 spiro atoms. The van der Waals surface area contributed by atoms with E-state index in [0.29, 0.717) is 17.5 Å². The fourth-order valence-corrected chi connectivity index (χ4v) is 3.43. The fourth-order valence-electron chi connectivity index (χ4n) is 3.43. The van der Waals surface area contributed by atoms with Crippen LogP contribution in [0.25, 0.3) is 0 Å². The van der Waals surface area contributed by atoms with E-state index in [0.717, 1.165) is 17.0 Å². The van der Waals surface area contributed by atoms with Gasteiger partial charge in [0.15, 0.2) is 11.6 Å². The van der Waals surface area contributed by atoms with Crippen molar-refractivity contribution in [2.24, 2.45) is 0 Å². The van der Waals surface area contributed by atoms with Gasteiger partial charge >= 0.3 is 6.03 Å². The number of nitrogens with one attached hydrogen (secondary N) is 2. The highest BCUT2D eigenvalue weighted by Crippen LogP contribution is 2.32. The number of hydrogen-bond acceptors (Lipinski definition) is 3. The normalized spacial score (nSPS) is 19.8. The average Bonchev–Trinajstić information content (AvgIpc) is 2.95. The quantitative estimate of drug-likeness (QED) is 0.731. The maximum atomic E-state index is 13.4. The van der Waals surface area contributed by atoms with E-state index >= 15 is 0 Å². The summed E-state index contributed by atoms with van der Waals surface area (Å²) in [4.78, 5) is 38.7. The summed E-state index contributed by atoms with van der Waals surface area (Å²) in [5, 5.41) is 5.30. The molecule has 1 fully saturated rings. The summed E-state index contributed by atoms with van der Waals surface area (Å²) < 4.78 is 26.5. The summed E-state index contributed by atoms with van der Waals surface area (Å²) in [6.07, 6.45) is 0.324. The van der Waals surface area contributed by atoms with Crippen LogP contribution in [0.1, 0.15) is 37.4 Å². The van der Waals surface area contributed by atoms with Gasteiger partial charge in [-0.1, -0.05) is 43.3 Å². The first-order valence-electron chi connectivity index (χ1n) is 9.22. The number of amides is 4. The van der Waals surface area contributed by atoms with Crippen molar-refractivity contribution < 1.29 is 23.2 Å². The van der Waals surface area contributed by atoms with Gasteiger partial charge in [0.25, 0.3) is 5.91 Å². The Balaban J connectivity index is 1.72. The first kappa shape index (κ1) is 20.4. The number of carbonyl (C=O) groups excluding carboxylic acids is 3. The van der Waals surface area contributed by atoms with Crippen LogP contribution in [0, 0.1) is 11.6 Å². The summed E-state index contributed by atoms with van der Waals surface area (Å²) in [5.41, 5.74) is -0.217. The molecule has 6 nitrogen and oxygen atoms in total. The van der Waals surface area contributed by atoms with Crippen LogP contribution in [0.15, 0.2) is 48.5 Å². The van der Waals surface area contributed by atoms with Gasteiger partial charge in [-0.3, -0.25) is 14.5 Å². The molecule has 0 aromatic heterocycles. The highest BCUT2D eigenvalue weighted by molar-refractivity contribution is 6.09. The minimum Gasteiger partial charge on any atom is -0.348 e. The highest BCUT2D eigenvalue weighted by atomic mass is 19.2. The Bertz CT molecular complexity index is 951. The monoisotopic (exact) mass is 401 g/mol. The van der Waals surface area contributed by atoms with Gasteiger partial charge in [0, 0.05) is 0 Å². The standard InChI is InChI=1S/C21H21F2N3O3/c1-3-21(15-7-5-4-6-8-15)19(28)26(20(29)25-21)12-18(27)24-13(2)14-9-10-16(22)17(23)11-14/h4-11,13H,3,12H2,1-2H3,(H,24,27)(H,25,29)/t13-,21+/m0/s1. The molecule has 0 unspecified atom stereocenters. The Hall–Kier alpha value is -3.29. The second-order valence-corrected chi connectivity index (χ2v) is 6.91. The Labute approximate surface area is 166 Å². The molecular weight excluding hydrogens is 380 g/mol. The van der Waals surface area contributed by atoms with E-state index in [4.69, 9.17) is 0 Å². The van der Waals surface area contributed by atoms with E-state index < -0.39 is 47.6 Å². The first-order valence-corrected chi connectivity index (χ1v) is 9.22. The molecule has 3 rings (SSSR count). The van der Waals surface area contributed by atoms with Gasteiger partial charge in [-0.15, -0.1) is 0 Å². The number of benzene rings is 2. The van der Waals surface area contributed by atoms with Crippen molar-refractivity contribution in [1.82, 2.24) is 15.5 Å². The zero-order valence-corrected chi connectivity index (χ0v) is 16.0. The summed E-state index contributed by atoms with van der Waals surface area (Å²) in [7, 11) is 0. The highest BCUT2D eigenvalue weighted by Gasteiger charge is 2.51. The smallest absolute Gasteiger partial charge is 0.325 e. The van der Waals surface area contributed by atoms with E-state index in [-0.39, 0.29) is 0 Å². The molecule has 4 amide bonds. The molecule has 8 heteroatoms. The molecule has 1 saturated heterocycles. The number of rotatable bonds is 6. The maximum absolute atomic E-state index is 13.4. The predicted octanol–water partition coefficient (Wildman–Crippen LogP) is 3.00. The van der Waals surface area contributed by atoms with Crippen LogP contribution in [0.4, 0.5) is 13.6 Å². The third-order valence-corrected chi connectivity index (χ3v) is 5.10. The van der Waals surface area contributed by atoms with E-state index in [1.54, 1.807) is 44.2 Å². The zero-order chi connectivity index (χ0) is 21.2. The Morgan fingerprint density at radius 1 is 1.14 bits per heavy atom. The van der Waals surface area contributed by atoms with Crippen molar-refractivity contribution in [2.75, 3.05) is 6.54 Å². The molecule has 1 aliphatic rings. The van der Waals surface area contributed by atoms with E-state index in [9.17, 15) is 23.2 Å². The van der Waals surface area contributed by atoms with Gasteiger partial charge in [0.2, 0.25) is 5.91 Å². The molecular formula is C21H21F2N3O3. The van der Waals surface area contributed by atoms with Gasteiger partial charge < -0.3 is 10.6 Å². The molecule has 0 saturated carbocycles. The minimum atomic E-state index is -1.22. The van der Waals surface area contributed by atoms with Crippen molar-refractivity contribution >= 4 is 17.8 Å². The molecule has 0 bridgehead atoms. The molecule has 0 aliphatic carbocycles. The molecule has 2 atom stereocenters.